The Morgan fingerprint density at radius 2 is 1.57 bits per heavy atom. The van der Waals surface area contributed by atoms with Crippen LogP contribution in [-0.2, 0) is 4.79 Å². The fourth-order valence-corrected chi connectivity index (χ4v) is 3.33. The van der Waals surface area contributed by atoms with Crippen LogP contribution in [0.15, 0.2) is 54.6 Å². The molecule has 0 amide bonds. The predicted octanol–water partition coefficient (Wildman–Crippen LogP) is 5.47. The van der Waals surface area contributed by atoms with Crippen molar-refractivity contribution in [3.63, 3.8) is 0 Å². The summed E-state index contributed by atoms with van der Waals surface area (Å²) in [7, 11) is 0. The quantitative estimate of drug-likeness (QED) is 0.278. The van der Waals surface area contributed by atoms with E-state index in [0.717, 1.165) is 37.0 Å². The lowest BCUT2D eigenvalue weighted by atomic mass is 9.89. The molecule has 0 N–H and O–H groups in total. The molecule has 1 fully saturated rings. The molecule has 4 heteroatoms. The van der Waals surface area contributed by atoms with E-state index in [1.54, 1.807) is 36.4 Å². The summed E-state index contributed by atoms with van der Waals surface area (Å²) >= 11 is 0. The van der Waals surface area contributed by atoms with E-state index in [2.05, 4.69) is 0 Å². The van der Waals surface area contributed by atoms with Gasteiger partial charge in [0.2, 0.25) is 0 Å². The number of carbonyl (C=O) groups excluding carboxylic acids is 2. The molecule has 0 bridgehead atoms. The van der Waals surface area contributed by atoms with Crippen molar-refractivity contribution in [1.29, 1.82) is 0 Å². The minimum absolute atomic E-state index is 0.00658. The number of hydrogen-bond donors (Lipinski definition) is 0. The van der Waals surface area contributed by atoms with Gasteiger partial charge in [-0.05, 0) is 67.8 Å². The van der Waals surface area contributed by atoms with Gasteiger partial charge in [-0.25, -0.2) is 0 Å². The zero-order chi connectivity index (χ0) is 19.8. The van der Waals surface area contributed by atoms with Crippen molar-refractivity contribution < 1.29 is 19.1 Å². The van der Waals surface area contributed by atoms with Crippen molar-refractivity contribution in [2.75, 3.05) is 6.61 Å². The first-order chi connectivity index (χ1) is 13.7. The molecule has 0 unspecified atom stereocenters. The van der Waals surface area contributed by atoms with Crippen molar-refractivity contribution >= 4 is 17.8 Å². The van der Waals surface area contributed by atoms with Crippen LogP contribution < -0.4 is 9.47 Å². The number of hydrogen-bond acceptors (Lipinski definition) is 4. The van der Waals surface area contributed by atoms with E-state index in [-0.39, 0.29) is 17.7 Å². The average molecular weight is 378 g/mol. The highest BCUT2D eigenvalue weighted by atomic mass is 16.5. The van der Waals surface area contributed by atoms with Crippen molar-refractivity contribution in [1.82, 2.24) is 0 Å². The number of carbonyl (C=O) groups is 2. The molecule has 2 aromatic carbocycles. The summed E-state index contributed by atoms with van der Waals surface area (Å²) in [6, 6.07) is 14.3. The summed E-state index contributed by atoms with van der Waals surface area (Å²) in [5, 5.41) is 0. The third-order valence-corrected chi connectivity index (χ3v) is 4.91. The molecule has 0 atom stereocenters. The van der Waals surface area contributed by atoms with Gasteiger partial charge in [0.25, 0.3) is 0 Å². The lowest BCUT2D eigenvalue weighted by molar-refractivity contribution is -0.139. The van der Waals surface area contributed by atoms with E-state index >= 15 is 0 Å². The monoisotopic (exact) mass is 378 g/mol. The van der Waals surface area contributed by atoms with Gasteiger partial charge < -0.3 is 9.47 Å². The highest BCUT2D eigenvalue weighted by Gasteiger charge is 2.22. The summed E-state index contributed by atoms with van der Waals surface area (Å²) in [6.07, 6.45) is 8.51. The van der Waals surface area contributed by atoms with Crippen LogP contribution in [0.4, 0.5) is 0 Å². The standard InChI is InChI=1S/C24H26O4/c1-2-27-21-13-8-18(9-14-21)10-17-23(25)19-11-15-22(16-12-19)28-24(26)20-6-4-3-5-7-20/h8-17,20H,2-7H2,1H3/b17-10+. The SMILES string of the molecule is CCOc1ccc(/C=C/C(=O)c2ccc(OC(=O)C3CCCCC3)cc2)cc1. The number of benzene rings is 2. The first-order valence-corrected chi connectivity index (χ1v) is 9.92. The topological polar surface area (TPSA) is 52.6 Å². The van der Waals surface area contributed by atoms with E-state index in [1.165, 1.54) is 6.42 Å². The van der Waals surface area contributed by atoms with E-state index in [9.17, 15) is 9.59 Å². The summed E-state index contributed by atoms with van der Waals surface area (Å²) in [6.45, 7) is 2.56. The molecule has 1 saturated carbocycles. The first-order valence-electron chi connectivity index (χ1n) is 9.92. The largest absolute Gasteiger partial charge is 0.494 e. The first kappa shape index (κ1) is 19.9. The van der Waals surface area contributed by atoms with Crippen LogP contribution in [0.1, 0.15) is 54.9 Å². The molecule has 0 aliphatic heterocycles. The lowest BCUT2D eigenvalue weighted by Gasteiger charge is -2.19. The molecule has 1 aliphatic carbocycles. The van der Waals surface area contributed by atoms with Gasteiger partial charge in [-0.15, -0.1) is 0 Å². The Morgan fingerprint density at radius 3 is 2.21 bits per heavy atom. The highest BCUT2D eigenvalue weighted by molar-refractivity contribution is 6.06. The molecule has 0 aromatic heterocycles. The third kappa shape index (κ3) is 5.56. The third-order valence-electron chi connectivity index (χ3n) is 4.91. The summed E-state index contributed by atoms with van der Waals surface area (Å²) in [5.41, 5.74) is 1.48. The van der Waals surface area contributed by atoms with Gasteiger partial charge >= 0.3 is 5.97 Å². The number of rotatable bonds is 7. The molecular formula is C24H26O4. The van der Waals surface area contributed by atoms with Gasteiger partial charge in [0, 0.05) is 5.56 Å². The Hall–Kier alpha value is -2.88. The Kier molecular flexibility index (Phi) is 7.01. The molecule has 1 aliphatic rings. The van der Waals surface area contributed by atoms with Crippen LogP contribution >= 0.6 is 0 Å². The second kappa shape index (κ2) is 9.88. The smallest absolute Gasteiger partial charge is 0.314 e. The van der Waals surface area contributed by atoms with E-state index < -0.39 is 0 Å². The minimum atomic E-state index is -0.158. The number of ether oxygens (including phenoxy) is 2. The normalized spacial score (nSPS) is 14.8. The van der Waals surface area contributed by atoms with Gasteiger partial charge in [-0.2, -0.15) is 0 Å². The van der Waals surface area contributed by atoms with Crippen molar-refractivity contribution in [3.8, 4) is 11.5 Å². The Morgan fingerprint density at radius 1 is 0.929 bits per heavy atom. The summed E-state index contributed by atoms with van der Waals surface area (Å²) in [5.74, 6) is 1.05. The zero-order valence-electron chi connectivity index (χ0n) is 16.2. The Labute approximate surface area is 166 Å². The van der Waals surface area contributed by atoms with Gasteiger partial charge in [0.1, 0.15) is 11.5 Å². The maximum atomic E-state index is 12.3. The van der Waals surface area contributed by atoms with Crippen molar-refractivity contribution in [3.05, 3.63) is 65.7 Å². The molecule has 0 heterocycles. The van der Waals surface area contributed by atoms with Crippen LogP contribution in [0.3, 0.4) is 0 Å². The molecule has 0 saturated heterocycles. The molecule has 28 heavy (non-hydrogen) atoms. The van der Waals surface area contributed by atoms with Gasteiger partial charge in [0.05, 0.1) is 12.5 Å². The summed E-state index contributed by atoms with van der Waals surface area (Å²) in [4.78, 5) is 24.6. The van der Waals surface area contributed by atoms with Crippen LogP contribution in [-0.4, -0.2) is 18.4 Å². The Balaban J connectivity index is 1.56. The number of ketones is 1. The molecule has 146 valence electrons. The van der Waals surface area contributed by atoms with E-state index in [1.807, 2.05) is 31.2 Å². The molecule has 2 aromatic rings. The van der Waals surface area contributed by atoms with Crippen LogP contribution in [0, 0.1) is 5.92 Å². The van der Waals surface area contributed by atoms with Gasteiger partial charge in [-0.1, -0.05) is 37.5 Å². The van der Waals surface area contributed by atoms with Gasteiger partial charge in [0.15, 0.2) is 5.78 Å². The second-order valence-electron chi connectivity index (χ2n) is 6.98. The molecule has 0 radical (unpaired) electrons. The zero-order valence-corrected chi connectivity index (χ0v) is 16.2. The fourth-order valence-electron chi connectivity index (χ4n) is 3.33. The maximum Gasteiger partial charge on any atom is 0.314 e. The predicted molar refractivity (Wildman–Crippen MR) is 110 cm³/mol. The summed E-state index contributed by atoms with van der Waals surface area (Å²) < 4.78 is 10.9. The highest BCUT2D eigenvalue weighted by Crippen LogP contribution is 2.25. The van der Waals surface area contributed by atoms with Crippen molar-refractivity contribution in [2.45, 2.75) is 39.0 Å². The van der Waals surface area contributed by atoms with Crippen molar-refractivity contribution in [2.24, 2.45) is 5.92 Å². The van der Waals surface area contributed by atoms with E-state index in [0.29, 0.717) is 17.9 Å². The maximum absolute atomic E-state index is 12.3. The fraction of sp³-hybridized carbons (Fsp3) is 0.333. The second-order valence-corrected chi connectivity index (χ2v) is 6.98. The molecule has 3 rings (SSSR count). The van der Waals surface area contributed by atoms with Crippen LogP contribution in [0.2, 0.25) is 0 Å². The number of allylic oxidation sites excluding steroid dienone is 1. The van der Waals surface area contributed by atoms with Crippen LogP contribution in [0.5, 0.6) is 11.5 Å². The minimum Gasteiger partial charge on any atom is -0.494 e. The average Bonchev–Trinajstić information content (AvgIpc) is 2.74. The Bertz CT molecular complexity index is 813. The van der Waals surface area contributed by atoms with Gasteiger partial charge in [-0.3, -0.25) is 9.59 Å². The molecule has 4 nitrogen and oxygen atoms in total. The molecular weight excluding hydrogens is 352 g/mol. The van der Waals surface area contributed by atoms with E-state index in [4.69, 9.17) is 9.47 Å². The molecule has 0 spiro atoms. The van der Waals surface area contributed by atoms with Crippen LogP contribution in [0.25, 0.3) is 6.08 Å². The lowest BCUT2D eigenvalue weighted by Crippen LogP contribution is -2.22. The number of esters is 1.